The Morgan fingerprint density at radius 2 is 2.04 bits per heavy atom. The highest BCUT2D eigenvalue weighted by atomic mass is 35.5. The Bertz CT molecular complexity index is 864. The lowest BCUT2D eigenvalue weighted by atomic mass is 10.1. The van der Waals surface area contributed by atoms with Crippen molar-refractivity contribution < 1.29 is 14.4 Å². The van der Waals surface area contributed by atoms with E-state index >= 15 is 0 Å². The maximum absolute atomic E-state index is 12.3. The number of imide groups is 1. The number of halogens is 1. The van der Waals surface area contributed by atoms with Crippen molar-refractivity contribution in [2.45, 2.75) is 39.2 Å². The third-order valence-electron chi connectivity index (χ3n) is 4.26. The van der Waals surface area contributed by atoms with Crippen molar-refractivity contribution >= 4 is 45.8 Å². The van der Waals surface area contributed by atoms with E-state index in [9.17, 15) is 14.4 Å². The highest BCUT2D eigenvalue weighted by Crippen LogP contribution is 2.24. The molecule has 1 aliphatic rings. The van der Waals surface area contributed by atoms with Gasteiger partial charge in [-0.15, -0.1) is 11.3 Å². The minimum Gasteiger partial charge on any atom is -0.300 e. The molecule has 0 spiro atoms. The number of amides is 3. The zero-order valence-electron chi connectivity index (χ0n) is 14.4. The molecule has 1 saturated heterocycles. The van der Waals surface area contributed by atoms with Crippen LogP contribution < -0.4 is 5.32 Å². The molecule has 26 heavy (non-hydrogen) atoms. The van der Waals surface area contributed by atoms with Crippen LogP contribution in [-0.4, -0.2) is 33.6 Å². The number of hydrogen-bond donors (Lipinski definition) is 1. The van der Waals surface area contributed by atoms with Crippen LogP contribution in [0.1, 0.15) is 35.8 Å². The van der Waals surface area contributed by atoms with E-state index in [1.165, 1.54) is 11.3 Å². The van der Waals surface area contributed by atoms with E-state index in [2.05, 4.69) is 10.3 Å². The molecule has 0 bridgehead atoms. The summed E-state index contributed by atoms with van der Waals surface area (Å²) in [4.78, 5) is 42.0. The molecule has 136 valence electrons. The minimum atomic E-state index is -0.847. The van der Waals surface area contributed by atoms with Gasteiger partial charge in [0.2, 0.25) is 17.7 Å². The molecule has 3 amide bonds. The van der Waals surface area contributed by atoms with Gasteiger partial charge in [0.05, 0.1) is 0 Å². The lowest BCUT2D eigenvalue weighted by Crippen LogP contribution is -2.44. The van der Waals surface area contributed by atoms with Crippen LogP contribution in [0.4, 0.5) is 5.13 Å². The molecule has 0 unspecified atom stereocenters. The molecule has 2 heterocycles. The molecule has 1 fully saturated rings. The van der Waals surface area contributed by atoms with Crippen LogP contribution in [0.25, 0.3) is 0 Å². The fraction of sp³-hybridized carbons (Fsp3) is 0.333. The minimum absolute atomic E-state index is 0.164. The Hall–Kier alpha value is -2.25. The summed E-state index contributed by atoms with van der Waals surface area (Å²) in [6, 6.07) is 5.04. The average Bonchev–Trinajstić information content (AvgIpc) is 3.16. The van der Waals surface area contributed by atoms with Gasteiger partial charge >= 0.3 is 0 Å². The predicted molar refractivity (Wildman–Crippen MR) is 100 cm³/mol. The van der Waals surface area contributed by atoms with Crippen LogP contribution in [0.2, 0.25) is 5.02 Å². The number of aromatic nitrogens is 1. The third kappa shape index (κ3) is 3.94. The fourth-order valence-corrected chi connectivity index (χ4v) is 3.80. The van der Waals surface area contributed by atoms with E-state index in [1.807, 2.05) is 25.1 Å². The number of benzene rings is 1. The Balaban J connectivity index is 1.64. The van der Waals surface area contributed by atoms with Crippen molar-refractivity contribution in [3.8, 4) is 0 Å². The van der Waals surface area contributed by atoms with Gasteiger partial charge in [0, 0.05) is 35.4 Å². The van der Waals surface area contributed by atoms with Crippen LogP contribution in [0.5, 0.6) is 0 Å². The number of hydrogen-bond acceptors (Lipinski definition) is 5. The van der Waals surface area contributed by atoms with Crippen LogP contribution in [0, 0.1) is 6.92 Å². The first-order valence-corrected chi connectivity index (χ1v) is 9.40. The summed E-state index contributed by atoms with van der Waals surface area (Å²) < 4.78 is 0. The van der Waals surface area contributed by atoms with Gasteiger partial charge < -0.3 is 5.32 Å². The average molecular weight is 392 g/mol. The van der Waals surface area contributed by atoms with Gasteiger partial charge in [0.15, 0.2) is 5.13 Å². The van der Waals surface area contributed by atoms with E-state index < -0.39 is 11.9 Å². The van der Waals surface area contributed by atoms with Gasteiger partial charge in [0.25, 0.3) is 0 Å². The van der Waals surface area contributed by atoms with Gasteiger partial charge in [-0.05, 0) is 31.0 Å². The van der Waals surface area contributed by atoms with Crippen LogP contribution >= 0.6 is 22.9 Å². The number of likely N-dealkylation sites (tertiary alicyclic amines) is 1. The monoisotopic (exact) mass is 391 g/mol. The smallest absolute Gasteiger partial charge is 0.249 e. The van der Waals surface area contributed by atoms with E-state index in [1.54, 1.807) is 13.1 Å². The molecule has 2 aromatic rings. The Kier molecular flexibility index (Phi) is 5.38. The number of rotatable bonds is 5. The fourth-order valence-electron chi connectivity index (χ4n) is 2.75. The van der Waals surface area contributed by atoms with Crippen molar-refractivity contribution in [1.29, 1.82) is 0 Å². The van der Waals surface area contributed by atoms with E-state index in [0.29, 0.717) is 16.6 Å². The summed E-state index contributed by atoms with van der Waals surface area (Å²) in [5, 5.41) is 3.84. The molecular weight excluding hydrogens is 374 g/mol. The third-order valence-corrected chi connectivity index (χ3v) is 5.58. The summed E-state index contributed by atoms with van der Waals surface area (Å²) in [7, 11) is 0. The molecule has 1 N–H and O–H groups in total. The maximum Gasteiger partial charge on any atom is 0.249 e. The largest absolute Gasteiger partial charge is 0.300 e. The number of carbonyl (C=O) groups excluding carboxylic acids is 3. The van der Waals surface area contributed by atoms with E-state index in [-0.39, 0.29) is 24.7 Å². The Morgan fingerprint density at radius 1 is 1.35 bits per heavy atom. The number of thiazole rings is 1. The Morgan fingerprint density at radius 3 is 2.69 bits per heavy atom. The Labute approximate surface area is 160 Å². The molecule has 8 heteroatoms. The van der Waals surface area contributed by atoms with Crippen LogP contribution in [0.15, 0.2) is 24.4 Å². The van der Waals surface area contributed by atoms with Crippen molar-refractivity contribution in [3.63, 3.8) is 0 Å². The van der Waals surface area contributed by atoms with Gasteiger partial charge in [-0.25, -0.2) is 4.98 Å². The zero-order valence-corrected chi connectivity index (χ0v) is 16.0. The van der Waals surface area contributed by atoms with E-state index in [4.69, 9.17) is 11.6 Å². The molecule has 0 saturated carbocycles. The highest BCUT2D eigenvalue weighted by Gasteiger charge is 2.36. The lowest BCUT2D eigenvalue weighted by Gasteiger charge is -2.20. The second-order valence-corrected chi connectivity index (χ2v) is 7.74. The molecule has 1 aromatic heterocycles. The van der Waals surface area contributed by atoms with E-state index in [0.717, 1.165) is 20.9 Å². The second kappa shape index (κ2) is 7.55. The van der Waals surface area contributed by atoms with Gasteiger partial charge in [-0.2, -0.15) is 0 Å². The quantitative estimate of drug-likeness (QED) is 0.794. The second-order valence-electron chi connectivity index (χ2n) is 6.21. The first-order valence-electron chi connectivity index (χ1n) is 8.20. The number of carbonyl (C=O) groups is 3. The number of nitrogens with zero attached hydrogens (tertiary/aromatic N) is 2. The van der Waals surface area contributed by atoms with Crippen molar-refractivity contribution in [2.75, 3.05) is 5.32 Å². The molecule has 0 radical (unpaired) electrons. The maximum atomic E-state index is 12.3. The van der Waals surface area contributed by atoms with Crippen molar-refractivity contribution in [1.82, 2.24) is 9.88 Å². The summed E-state index contributed by atoms with van der Waals surface area (Å²) >= 11 is 7.50. The molecule has 1 aliphatic heterocycles. The topological polar surface area (TPSA) is 79.4 Å². The van der Waals surface area contributed by atoms with Gasteiger partial charge in [-0.1, -0.05) is 23.7 Å². The highest BCUT2D eigenvalue weighted by molar-refractivity contribution is 7.15. The van der Waals surface area contributed by atoms with Crippen molar-refractivity contribution in [2.24, 2.45) is 0 Å². The number of aryl methyl sites for hydroxylation is 1. The molecule has 1 atom stereocenters. The summed E-state index contributed by atoms with van der Waals surface area (Å²) in [6.07, 6.45) is 2.69. The summed E-state index contributed by atoms with van der Waals surface area (Å²) in [5.41, 5.74) is 2.08. The summed E-state index contributed by atoms with van der Waals surface area (Å²) in [5.74, 6) is -1.05. The standard InChI is InChI=1S/C18H18ClN3O3S/c1-10-3-4-12(8-14(10)19)7-13-9-20-18(26-13)21-17(25)11(2)22-15(23)5-6-16(22)24/h3-4,8-9,11H,5-7H2,1-2H3,(H,20,21,25)/t11-/m0/s1. The normalized spacial score (nSPS) is 15.4. The molecule has 1 aromatic carbocycles. The van der Waals surface area contributed by atoms with Gasteiger partial charge in [0.1, 0.15) is 6.04 Å². The number of nitrogens with one attached hydrogen (secondary N) is 1. The van der Waals surface area contributed by atoms with Crippen LogP contribution in [0.3, 0.4) is 0 Å². The molecule has 6 nitrogen and oxygen atoms in total. The zero-order chi connectivity index (χ0) is 18.8. The molecule has 3 rings (SSSR count). The first kappa shape index (κ1) is 18.5. The van der Waals surface area contributed by atoms with Crippen molar-refractivity contribution in [3.05, 3.63) is 45.4 Å². The predicted octanol–water partition coefficient (Wildman–Crippen LogP) is 3.17. The SMILES string of the molecule is Cc1ccc(Cc2cnc(NC(=O)[C@H](C)N3C(=O)CCC3=O)s2)cc1Cl. The summed E-state index contributed by atoms with van der Waals surface area (Å²) in [6.45, 7) is 3.49. The van der Waals surface area contributed by atoms with Gasteiger partial charge in [-0.3, -0.25) is 19.3 Å². The first-order chi connectivity index (χ1) is 12.3. The number of anilines is 1. The lowest BCUT2D eigenvalue weighted by molar-refractivity contribution is -0.144. The molecular formula is C18H18ClN3O3S. The molecule has 0 aliphatic carbocycles. The van der Waals surface area contributed by atoms with Crippen LogP contribution in [-0.2, 0) is 20.8 Å².